The largest absolute Gasteiger partial charge is 0.370 e. The summed E-state index contributed by atoms with van der Waals surface area (Å²) in [7, 11) is 0. The van der Waals surface area contributed by atoms with Crippen LogP contribution in [0.1, 0.15) is 32.6 Å². The fourth-order valence-corrected chi connectivity index (χ4v) is 2.38. The molecule has 0 bridgehead atoms. The molecule has 0 radical (unpaired) electrons. The molecule has 1 aromatic rings. The summed E-state index contributed by atoms with van der Waals surface area (Å²) >= 11 is 0. The van der Waals surface area contributed by atoms with Gasteiger partial charge in [0, 0.05) is 19.2 Å². The number of nitrogens with zero attached hydrogens (tertiary/aromatic N) is 2. The number of anilines is 2. The second-order valence-electron chi connectivity index (χ2n) is 5.14. The molecule has 3 N–H and O–H groups in total. The van der Waals surface area contributed by atoms with E-state index in [0.29, 0.717) is 0 Å². The van der Waals surface area contributed by atoms with Crippen LogP contribution in [-0.4, -0.2) is 36.1 Å². The van der Waals surface area contributed by atoms with Gasteiger partial charge in [-0.1, -0.05) is 6.92 Å². The van der Waals surface area contributed by atoms with Crippen molar-refractivity contribution in [3.63, 3.8) is 0 Å². The minimum atomic E-state index is 0.806. The van der Waals surface area contributed by atoms with Crippen LogP contribution in [0.3, 0.4) is 0 Å². The zero-order valence-corrected chi connectivity index (χ0v) is 11.8. The topological polar surface area (TPSA) is 61.9 Å². The number of nitrogens with one attached hydrogen (secondary N) is 3. The molecule has 1 aliphatic rings. The third-order valence-electron chi connectivity index (χ3n) is 3.48. The van der Waals surface area contributed by atoms with E-state index >= 15 is 0 Å². The van der Waals surface area contributed by atoms with Crippen molar-refractivity contribution in [2.45, 2.75) is 32.6 Å². The molecular weight excluding hydrogens is 238 g/mol. The lowest BCUT2D eigenvalue weighted by Gasteiger charge is -2.22. The minimum Gasteiger partial charge on any atom is -0.370 e. The predicted molar refractivity (Wildman–Crippen MR) is 79.5 cm³/mol. The molecule has 1 fully saturated rings. The third-order valence-corrected chi connectivity index (χ3v) is 3.48. The quantitative estimate of drug-likeness (QED) is 0.703. The Balaban J connectivity index is 1.72. The standard InChI is InChI=1S/C14H25N5/c1-2-6-16-13-9-14(19-11-18-13)17-8-5-12-4-3-7-15-10-12/h9,11-12,15H,2-8,10H2,1H3,(H2,16,17,18,19). The highest BCUT2D eigenvalue weighted by Gasteiger charge is 2.12. The van der Waals surface area contributed by atoms with Gasteiger partial charge in [0.05, 0.1) is 0 Å². The summed E-state index contributed by atoms with van der Waals surface area (Å²) in [6.45, 7) is 6.42. The van der Waals surface area contributed by atoms with Crippen molar-refractivity contribution >= 4 is 11.6 Å². The number of rotatable bonds is 7. The van der Waals surface area contributed by atoms with Gasteiger partial charge in [-0.2, -0.15) is 0 Å². The second kappa shape index (κ2) is 7.94. The van der Waals surface area contributed by atoms with Crippen molar-refractivity contribution in [2.24, 2.45) is 5.92 Å². The summed E-state index contributed by atoms with van der Waals surface area (Å²) in [5.41, 5.74) is 0. The van der Waals surface area contributed by atoms with E-state index in [4.69, 9.17) is 0 Å². The van der Waals surface area contributed by atoms with E-state index in [2.05, 4.69) is 32.8 Å². The van der Waals surface area contributed by atoms with Gasteiger partial charge in [0.15, 0.2) is 0 Å². The summed E-state index contributed by atoms with van der Waals surface area (Å²) in [6, 6.07) is 1.98. The van der Waals surface area contributed by atoms with E-state index < -0.39 is 0 Å². The van der Waals surface area contributed by atoms with Crippen LogP contribution < -0.4 is 16.0 Å². The molecule has 106 valence electrons. The molecule has 0 aliphatic carbocycles. The fourth-order valence-electron chi connectivity index (χ4n) is 2.38. The van der Waals surface area contributed by atoms with Crippen molar-refractivity contribution in [2.75, 3.05) is 36.8 Å². The predicted octanol–water partition coefficient (Wildman–Crippen LogP) is 2.10. The number of aromatic nitrogens is 2. The average molecular weight is 263 g/mol. The van der Waals surface area contributed by atoms with E-state index in [1.54, 1.807) is 6.33 Å². The molecule has 2 heterocycles. The molecule has 1 aliphatic heterocycles. The van der Waals surface area contributed by atoms with Gasteiger partial charge in [0.2, 0.25) is 0 Å². The number of hydrogen-bond donors (Lipinski definition) is 3. The van der Waals surface area contributed by atoms with Gasteiger partial charge in [-0.25, -0.2) is 9.97 Å². The molecule has 2 rings (SSSR count). The molecule has 5 nitrogen and oxygen atoms in total. The van der Waals surface area contributed by atoms with Gasteiger partial charge >= 0.3 is 0 Å². The van der Waals surface area contributed by atoms with E-state index in [9.17, 15) is 0 Å². The molecule has 1 aromatic heterocycles. The number of piperidine rings is 1. The molecule has 0 amide bonds. The third kappa shape index (κ3) is 5.03. The number of hydrogen-bond acceptors (Lipinski definition) is 5. The first kappa shape index (κ1) is 14.1. The van der Waals surface area contributed by atoms with Crippen LogP contribution in [0.25, 0.3) is 0 Å². The summed E-state index contributed by atoms with van der Waals surface area (Å²) in [5, 5.41) is 10.1. The van der Waals surface area contributed by atoms with Gasteiger partial charge in [0.1, 0.15) is 18.0 Å². The van der Waals surface area contributed by atoms with Crippen LogP contribution in [0.2, 0.25) is 0 Å². The van der Waals surface area contributed by atoms with Crippen LogP contribution >= 0.6 is 0 Å². The van der Waals surface area contributed by atoms with E-state index in [0.717, 1.165) is 43.6 Å². The maximum atomic E-state index is 4.25. The SMILES string of the molecule is CCCNc1cc(NCCC2CCCNC2)ncn1. The molecule has 19 heavy (non-hydrogen) atoms. The molecule has 5 heteroatoms. The summed E-state index contributed by atoms with van der Waals surface area (Å²) in [4.78, 5) is 8.45. The van der Waals surface area contributed by atoms with Crippen molar-refractivity contribution in [1.29, 1.82) is 0 Å². The summed E-state index contributed by atoms with van der Waals surface area (Å²) in [6.07, 6.45) is 6.57. The monoisotopic (exact) mass is 263 g/mol. The normalized spacial score (nSPS) is 19.1. The first-order valence-electron chi connectivity index (χ1n) is 7.39. The van der Waals surface area contributed by atoms with Gasteiger partial charge in [-0.15, -0.1) is 0 Å². The van der Waals surface area contributed by atoms with Gasteiger partial charge in [0.25, 0.3) is 0 Å². The van der Waals surface area contributed by atoms with E-state index in [-0.39, 0.29) is 0 Å². The highest BCUT2D eigenvalue weighted by Crippen LogP contribution is 2.14. The highest BCUT2D eigenvalue weighted by atomic mass is 15.1. The van der Waals surface area contributed by atoms with Crippen LogP contribution in [0.4, 0.5) is 11.6 Å². The van der Waals surface area contributed by atoms with E-state index in [1.165, 1.54) is 25.8 Å². The van der Waals surface area contributed by atoms with Crippen molar-refractivity contribution in [1.82, 2.24) is 15.3 Å². The van der Waals surface area contributed by atoms with Crippen molar-refractivity contribution < 1.29 is 0 Å². The molecule has 1 unspecified atom stereocenters. The smallest absolute Gasteiger partial charge is 0.131 e. The van der Waals surface area contributed by atoms with Gasteiger partial charge in [-0.05, 0) is 44.7 Å². The Labute approximate surface area is 115 Å². The van der Waals surface area contributed by atoms with Crippen LogP contribution in [0.5, 0.6) is 0 Å². The average Bonchev–Trinajstić information content (AvgIpc) is 2.47. The Kier molecular flexibility index (Phi) is 5.88. The van der Waals surface area contributed by atoms with Gasteiger partial charge < -0.3 is 16.0 Å². The van der Waals surface area contributed by atoms with Crippen molar-refractivity contribution in [3.05, 3.63) is 12.4 Å². The Morgan fingerprint density at radius 3 is 2.74 bits per heavy atom. The Bertz CT molecular complexity index is 363. The molecule has 0 spiro atoms. The Morgan fingerprint density at radius 2 is 2.05 bits per heavy atom. The van der Waals surface area contributed by atoms with Crippen LogP contribution in [-0.2, 0) is 0 Å². The molecule has 0 saturated carbocycles. The lowest BCUT2D eigenvalue weighted by atomic mass is 9.96. The lowest BCUT2D eigenvalue weighted by molar-refractivity contribution is 0.364. The zero-order valence-electron chi connectivity index (χ0n) is 11.8. The molecule has 1 saturated heterocycles. The molecule has 0 aromatic carbocycles. The Hall–Kier alpha value is -1.36. The highest BCUT2D eigenvalue weighted by molar-refractivity contribution is 5.46. The van der Waals surface area contributed by atoms with E-state index in [1.807, 2.05) is 6.07 Å². The first-order chi connectivity index (χ1) is 9.38. The fraction of sp³-hybridized carbons (Fsp3) is 0.714. The molecule has 1 atom stereocenters. The summed E-state index contributed by atoms with van der Waals surface area (Å²) in [5.74, 6) is 2.62. The van der Waals surface area contributed by atoms with Gasteiger partial charge in [-0.3, -0.25) is 0 Å². The van der Waals surface area contributed by atoms with Crippen LogP contribution in [0.15, 0.2) is 12.4 Å². The second-order valence-corrected chi connectivity index (χ2v) is 5.14. The lowest BCUT2D eigenvalue weighted by Crippen LogP contribution is -2.30. The summed E-state index contributed by atoms with van der Waals surface area (Å²) < 4.78 is 0. The molecular formula is C14H25N5. The Morgan fingerprint density at radius 1 is 1.26 bits per heavy atom. The first-order valence-corrected chi connectivity index (χ1v) is 7.39. The maximum Gasteiger partial charge on any atom is 0.131 e. The maximum absolute atomic E-state index is 4.25. The minimum absolute atomic E-state index is 0.806. The van der Waals surface area contributed by atoms with Crippen molar-refractivity contribution in [3.8, 4) is 0 Å². The van der Waals surface area contributed by atoms with Crippen LogP contribution in [0, 0.1) is 5.92 Å². The zero-order chi connectivity index (χ0) is 13.3.